The molecule has 4 N–H and O–H groups in total. The van der Waals surface area contributed by atoms with Gasteiger partial charge in [-0.15, -0.1) is 0 Å². The number of aliphatic hydroxyl groups excluding tert-OH is 3. The predicted octanol–water partition coefficient (Wildman–Crippen LogP) is 12.0. The van der Waals surface area contributed by atoms with Gasteiger partial charge in [0.05, 0.1) is 6.61 Å². The van der Waals surface area contributed by atoms with Gasteiger partial charge in [0.2, 0.25) is 0 Å². The molecule has 0 bridgehead atoms. The van der Waals surface area contributed by atoms with Crippen molar-refractivity contribution >= 4 is 22.1 Å². The molecule has 0 spiro atoms. The Morgan fingerprint density at radius 3 is 1.14 bits per heavy atom. The van der Waals surface area contributed by atoms with E-state index in [0.29, 0.717) is 12.8 Å². The molecule has 1 heterocycles. The van der Waals surface area contributed by atoms with Gasteiger partial charge in [-0.3, -0.25) is 14.1 Å². The zero-order valence-electron chi connectivity index (χ0n) is 40.9. The monoisotopic (exact) mass is 935 g/mol. The number of ether oxygens (including phenoxy) is 4. The minimum Gasteiger partial charge on any atom is -0.462 e. The van der Waals surface area contributed by atoms with Crippen LogP contribution in [-0.2, 0) is 38.7 Å². The zero-order valence-corrected chi connectivity index (χ0v) is 41.7. The normalized spacial score (nSPS) is 19.5. The largest absolute Gasteiger partial charge is 0.462 e. The Labute approximate surface area is 391 Å². The first-order chi connectivity index (χ1) is 31.0. The summed E-state index contributed by atoms with van der Waals surface area (Å²) < 4.78 is 54.3. The highest BCUT2D eigenvalue weighted by atomic mass is 32.2. The molecule has 64 heavy (non-hydrogen) atoms. The van der Waals surface area contributed by atoms with E-state index >= 15 is 0 Å². The van der Waals surface area contributed by atoms with E-state index in [-0.39, 0.29) is 19.4 Å². The van der Waals surface area contributed by atoms with Crippen LogP contribution in [0.5, 0.6) is 0 Å². The average Bonchev–Trinajstić information content (AvgIpc) is 3.26. The van der Waals surface area contributed by atoms with Crippen LogP contribution < -0.4 is 0 Å². The molecule has 1 aliphatic rings. The number of hydrogen-bond acceptors (Lipinski definition) is 11. The van der Waals surface area contributed by atoms with Crippen LogP contribution in [0.1, 0.15) is 258 Å². The summed E-state index contributed by atoms with van der Waals surface area (Å²) in [6.07, 6.45) is 35.7. The number of carbonyl (C=O) groups is 2. The molecule has 0 aliphatic carbocycles. The van der Waals surface area contributed by atoms with E-state index in [1.807, 2.05) is 0 Å². The molecule has 1 fully saturated rings. The number of rotatable bonds is 46. The minimum atomic E-state index is -4.60. The summed E-state index contributed by atoms with van der Waals surface area (Å²) in [6.45, 7) is 3.82. The van der Waals surface area contributed by atoms with Gasteiger partial charge < -0.3 is 34.3 Å². The van der Waals surface area contributed by atoms with Crippen LogP contribution in [0.2, 0.25) is 0 Å². The van der Waals surface area contributed by atoms with E-state index in [1.54, 1.807) is 0 Å². The summed E-state index contributed by atoms with van der Waals surface area (Å²) in [5.41, 5.74) is 0. The molecule has 2 unspecified atom stereocenters. The number of esters is 2. The predicted molar refractivity (Wildman–Crippen MR) is 257 cm³/mol. The van der Waals surface area contributed by atoms with Crippen molar-refractivity contribution in [1.29, 1.82) is 0 Å². The van der Waals surface area contributed by atoms with Gasteiger partial charge in [0.15, 0.2) is 12.4 Å². The number of hydrogen-bond donors (Lipinski definition) is 4. The Morgan fingerprint density at radius 2 is 0.797 bits per heavy atom. The van der Waals surface area contributed by atoms with E-state index < -0.39 is 71.2 Å². The molecule has 12 nitrogen and oxygen atoms in total. The van der Waals surface area contributed by atoms with Gasteiger partial charge in [-0.2, -0.15) is 8.42 Å². The van der Waals surface area contributed by atoms with Crippen LogP contribution in [-0.4, -0.2) is 96.0 Å². The molecule has 0 radical (unpaired) electrons. The lowest BCUT2D eigenvalue weighted by atomic mass is 10.00. The maximum absolute atomic E-state index is 12.9. The molecule has 1 rings (SSSR count). The maximum Gasteiger partial charge on any atom is 0.306 e. The molecule has 1 aliphatic heterocycles. The summed E-state index contributed by atoms with van der Waals surface area (Å²) in [4.78, 5) is 25.5. The molecule has 0 aromatic rings. The molecule has 0 aromatic heterocycles. The fourth-order valence-corrected chi connectivity index (χ4v) is 9.25. The van der Waals surface area contributed by atoms with Gasteiger partial charge in [0, 0.05) is 12.8 Å². The lowest BCUT2D eigenvalue weighted by Crippen LogP contribution is -2.60. The first-order valence-corrected chi connectivity index (χ1v) is 28.2. The molecule has 6 atom stereocenters. The van der Waals surface area contributed by atoms with E-state index in [9.17, 15) is 37.9 Å². The summed E-state index contributed by atoms with van der Waals surface area (Å²) in [5.74, 6) is -1.96. The van der Waals surface area contributed by atoms with Gasteiger partial charge in [-0.05, 0) is 12.8 Å². The Hall–Kier alpha value is -1.35. The average molecular weight is 935 g/mol. The first-order valence-electron chi connectivity index (χ1n) is 26.6. The lowest BCUT2D eigenvalue weighted by molar-refractivity contribution is -0.297. The van der Waals surface area contributed by atoms with Crippen LogP contribution in [0, 0.1) is 0 Å². The Kier molecular flexibility index (Phi) is 39.6. The summed E-state index contributed by atoms with van der Waals surface area (Å²) in [7, 11) is -4.60. The van der Waals surface area contributed by atoms with Crippen molar-refractivity contribution < 1.29 is 56.8 Å². The SMILES string of the molecule is CCCCCCCCCCCCCCCCCCCCC(=O)OC[C@H](CO[C@H]1O[C@H](CS(=O)(=O)O)[C@@H](O)C(O)C1O)OC(=O)CCCCCCCCCCCCCCCCCCCC. The molecule has 1 saturated heterocycles. The quantitative estimate of drug-likeness (QED) is 0.0257. The Morgan fingerprint density at radius 1 is 0.469 bits per heavy atom. The summed E-state index contributed by atoms with van der Waals surface area (Å²) in [5, 5.41) is 31.0. The molecule has 13 heteroatoms. The second-order valence-corrected chi connectivity index (χ2v) is 20.4. The minimum absolute atomic E-state index is 0.173. The van der Waals surface area contributed by atoms with Crippen molar-refractivity contribution in [2.75, 3.05) is 19.0 Å². The molecular weight excluding hydrogens is 837 g/mol. The van der Waals surface area contributed by atoms with E-state index in [4.69, 9.17) is 18.9 Å². The fourth-order valence-electron chi connectivity index (χ4n) is 8.56. The smallest absolute Gasteiger partial charge is 0.306 e. The van der Waals surface area contributed by atoms with Crippen molar-refractivity contribution in [2.24, 2.45) is 0 Å². The topological polar surface area (TPSA) is 186 Å². The first kappa shape index (κ1) is 60.7. The number of aliphatic hydroxyl groups is 3. The highest BCUT2D eigenvalue weighted by Crippen LogP contribution is 2.24. The highest BCUT2D eigenvalue weighted by Gasteiger charge is 2.46. The standard InChI is InChI=1S/C51H98O12S/c1-3-5-7-9-11-13-15-17-19-21-23-25-27-29-31-33-35-37-39-46(52)60-41-44(42-61-51-50(56)49(55)48(54)45(63-51)43-64(57,58)59)62-47(53)40-38-36-34-32-30-28-26-24-22-20-18-16-14-12-10-8-6-4-2/h44-45,48-51,54-56H,3-43H2,1-2H3,(H,57,58,59)/t44-,45-,48-,49?,50?,51+/m1/s1. The van der Waals surface area contributed by atoms with Crippen LogP contribution in [0.25, 0.3) is 0 Å². The van der Waals surface area contributed by atoms with Gasteiger partial charge in [-0.1, -0.05) is 232 Å². The van der Waals surface area contributed by atoms with Crippen LogP contribution in [0.3, 0.4) is 0 Å². The molecular formula is C51H98O12S. The second kappa shape index (κ2) is 41.8. The maximum atomic E-state index is 12.9. The Balaban J connectivity index is 2.34. The van der Waals surface area contributed by atoms with Gasteiger partial charge in [-0.25, -0.2) is 0 Å². The fraction of sp³-hybridized carbons (Fsp3) is 0.961. The third-order valence-electron chi connectivity index (χ3n) is 12.7. The van der Waals surface area contributed by atoms with Crippen LogP contribution in [0.15, 0.2) is 0 Å². The van der Waals surface area contributed by atoms with E-state index in [0.717, 1.165) is 38.5 Å². The van der Waals surface area contributed by atoms with Crippen molar-refractivity contribution in [2.45, 2.75) is 295 Å². The summed E-state index contributed by atoms with van der Waals surface area (Å²) >= 11 is 0. The summed E-state index contributed by atoms with van der Waals surface area (Å²) in [6, 6.07) is 0. The molecule has 0 amide bonds. The van der Waals surface area contributed by atoms with Gasteiger partial charge >= 0.3 is 11.9 Å². The molecule has 0 aromatic carbocycles. The van der Waals surface area contributed by atoms with Crippen LogP contribution >= 0.6 is 0 Å². The third-order valence-corrected chi connectivity index (χ3v) is 13.4. The Bertz CT molecular complexity index is 1190. The van der Waals surface area contributed by atoms with Crippen LogP contribution in [0.4, 0.5) is 0 Å². The highest BCUT2D eigenvalue weighted by molar-refractivity contribution is 7.85. The van der Waals surface area contributed by atoms with Crippen molar-refractivity contribution in [3.05, 3.63) is 0 Å². The van der Waals surface area contributed by atoms with E-state index in [2.05, 4.69) is 13.8 Å². The second-order valence-electron chi connectivity index (χ2n) is 18.9. The van der Waals surface area contributed by atoms with Crippen molar-refractivity contribution in [3.63, 3.8) is 0 Å². The molecule has 380 valence electrons. The molecule has 0 saturated carbocycles. The lowest BCUT2D eigenvalue weighted by Gasteiger charge is -2.40. The number of unbranched alkanes of at least 4 members (excludes halogenated alkanes) is 34. The van der Waals surface area contributed by atoms with E-state index in [1.165, 1.54) is 180 Å². The van der Waals surface area contributed by atoms with Gasteiger partial charge in [0.1, 0.15) is 36.8 Å². The third kappa shape index (κ3) is 35.8. The van der Waals surface area contributed by atoms with Crippen molar-refractivity contribution in [3.8, 4) is 0 Å². The van der Waals surface area contributed by atoms with Gasteiger partial charge in [0.25, 0.3) is 10.1 Å². The van der Waals surface area contributed by atoms with Crippen molar-refractivity contribution in [1.82, 2.24) is 0 Å². The number of carbonyl (C=O) groups excluding carboxylic acids is 2. The zero-order chi connectivity index (χ0) is 46.9.